The van der Waals surface area contributed by atoms with Gasteiger partial charge in [-0.05, 0) is 93.9 Å². The normalized spacial score (nSPS) is 20.7. The summed E-state index contributed by atoms with van der Waals surface area (Å²) in [5, 5.41) is 4.29. The molecule has 0 amide bonds. The van der Waals surface area contributed by atoms with Crippen LogP contribution in [0.3, 0.4) is 0 Å². The number of benzene rings is 1. The maximum atomic E-state index is 5.86. The molecule has 1 aliphatic heterocycles. The van der Waals surface area contributed by atoms with Crippen LogP contribution in [0.2, 0.25) is 0 Å². The number of nitrogens with zero attached hydrogens (tertiary/aromatic N) is 3. The zero-order valence-corrected chi connectivity index (χ0v) is 19.0. The van der Waals surface area contributed by atoms with Gasteiger partial charge in [-0.15, -0.1) is 0 Å². The lowest BCUT2D eigenvalue weighted by atomic mass is 9.96. The molecule has 2 atom stereocenters. The Bertz CT molecular complexity index is 1090. The number of aryl methyl sites for hydroxylation is 1. The van der Waals surface area contributed by atoms with Crippen molar-refractivity contribution < 1.29 is 4.74 Å². The molecule has 1 aliphatic carbocycles. The second kappa shape index (κ2) is 8.00. The van der Waals surface area contributed by atoms with Gasteiger partial charge in [0.15, 0.2) is 5.11 Å². The van der Waals surface area contributed by atoms with Gasteiger partial charge in [-0.3, -0.25) is 4.98 Å². The van der Waals surface area contributed by atoms with Gasteiger partial charge in [0.2, 0.25) is 0 Å². The molecule has 0 radical (unpaired) electrons. The zero-order chi connectivity index (χ0) is 21.5. The molecule has 1 aromatic carbocycles. The molecule has 1 N–H and O–H groups in total. The first-order valence-corrected chi connectivity index (χ1v) is 11.4. The van der Waals surface area contributed by atoms with Crippen LogP contribution in [0.15, 0.2) is 54.7 Å². The highest BCUT2D eigenvalue weighted by molar-refractivity contribution is 7.80. The Labute approximate surface area is 189 Å². The topological polar surface area (TPSA) is 42.3 Å². The minimum atomic E-state index is -0.0200. The first-order chi connectivity index (χ1) is 15.1. The van der Waals surface area contributed by atoms with E-state index in [1.807, 2.05) is 37.4 Å². The van der Waals surface area contributed by atoms with E-state index in [4.69, 9.17) is 17.0 Å². The maximum Gasteiger partial charge on any atom is 0.174 e. The second-order valence-electron chi connectivity index (χ2n) is 8.35. The van der Waals surface area contributed by atoms with Crippen molar-refractivity contribution >= 4 is 23.0 Å². The van der Waals surface area contributed by atoms with Crippen molar-refractivity contribution in [1.82, 2.24) is 14.9 Å². The Morgan fingerprint density at radius 1 is 1.13 bits per heavy atom. The average molecular weight is 433 g/mol. The maximum absolute atomic E-state index is 5.86. The highest BCUT2D eigenvalue weighted by Gasteiger charge is 2.42. The largest absolute Gasteiger partial charge is 0.494 e. The molecule has 1 saturated heterocycles. The summed E-state index contributed by atoms with van der Waals surface area (Å²) in [5.41, 5.74) is 6.01. The Balaban J connectivity index is 1.61. The number of rotatable bonds is 6. The van der Waals surface area contributed by atoms with Crippen molar-refractivity contribution in [3.63, 3.8) is 0 Å². The molecule has 6 heteroatoms. The first kappa shape index (κ1) is 20.1. The summed E-state index contributed by atoms with van der Waals surface area (Å²) in [6.07, 6.45) is 4.39. The number of ether oxygens (including phenoxy) is 1. The van der Waals surface area contributed by atoms with Crippen molar-refractivity contribution in [2.24, 2.45) is 0 Å². The van der Waals surface area contributed by atoms with E-state index in [0.29, 0.717) is 12.6 Å². The van der Waals surface area contributed by atoms with Gasteiger partial charge in [0.05, 0.1) is 24.4 Å². The van der Waals surface area contributed by atoms with Crippen molar-refractivity contribution in [2.75, 3.05) is 11.5 Å². The predicted octanol–water partition coefficient (Wildman–Crippen LogP) is 5.41. The Morgan fingerprint density at radius 3 is 2.55 bits per heavy atom. The molecule has 31 heavy (non-hydrogen) atoms. The van der Waals surface area contributed by atoms with Crippen LogP contribution in [0.4, 0.5) is 5.69 Å². The van der Waals surface area contributed by atoms with Gasteiger partial charge in [-0.2, -0.15) is 0 Å². The molecular weight excluding hydrogens is 404 g/mol. The van der Waals surface area contributed by atoms with E-state index < -0.39 is 0 Å². The summed E-state index contributed by atoms with van der Waals surface area (Å²) in [7, 11) is 0. The molecule has 0 spiro atoms. The summed E-state index contributed by atoms with van der Waals surface area (Å²) >= 11 is 5.86. The van der Waals surface area contributed by atoms with Gasteiger partial charge >= 0.3 is 0 Å². The molecule has 1 saturated carbocycles. The third kappa shape index (κ3) is 3.59. The van der Waals surface area contributed by atoms with Crippen LogP contribution in [0.25, 0.3) is 0 Å². The standard InChI is InChI=1S/C25H28N4OS/c1-4-30-20-12-10-19(11-13-20)29-24(21-15-16(2)28(17(21)3)18-8-9-18)23(27-25(29)31)22-7-5-6-14-26-22/h5-7,10-15,18,23-24H,4,8-9H2,1-3H3,(H,27,31)/t23-,24+/m1/s1. The SMILES string of the molecule is CCOc1ccc(N2C(=S)N[C@H](c3ccccn3)[C@@H]2c2cc(C)n(C3CC3)c2C)cc1. The lowest BCUT2D eigenvalue weighted by Gasteiger charge is -2.28. The molecule has 2 fully saturated rings. The van der Waals surface area contributed by atoms with Gasteiger partial charge in [0.1, 0.15) is 5.75 Å². The van der Waals surface area contributed by atoms with Crippen LogP contribution in [-0.4, -0.2) is 21.3 Å². The fourth-order valence-corrected chi connectivity index (χ4v) is 5.16. The minimum Gasteiger partial charge on any atom is -0.494 e. The van der Waals surface area contributed by atoms with Gasteiger partial charge in [-0.25, -0.2) is 0 Å². The molecule has 3 aromatic rings. The van der Waals surface area contributed by atoms with Crippen LogP contribution >= 0.6 is 12.2 Å². The minimum absolute atomic E-state index is 0.0200. The summed E-state index contributed by atoms with van der Waals surface area (Å²) in [5.74, 6) is 0.870. The van der Waals surface area contributed by atoms with Crippen molar-refractivity contribution in [2.45, 2.75) is 51.7 Å². The fourth-order valence-electron chi connectivity index (χ4n) is 4.82. The number of hydrogen-bond donors (Lipinski definition) is 1. The fraction of sp³-hybridized carbons (Fsp3) is 0.360. The highest BCUT2D eigenvalue weighted by atomic mass is 32.1. The van der Waals surface area contributed by atoms with E-state index in [0.717, 1.165) is 22.2 Å². The van der Waals surface area contributed by atoms with Crippen LogP contribution < -0.4 is 15.0 Å². The van der Waals surface area contributed by atoms with E-state index in [1.54, 1.807) is 0 Å². The summed E-state index contributed by atoms with van der Waals surface area (Å²) < 4.78 is 8.15. The molecule has 0 unspecified atom stereocenters. The van der Waals surface area contributed by atoms with Crippen molar-refractivity contribution in [3.8, 4) is 5.75 Å². The third-order valence-electron chi connectivity index (χ3n) is 6.28. The molecule has 2 aliphatic rings. The number of aromatic nitrogens is 2. The number of pyridine rings is 1. The average Bonchev–Trinajstić information content (AvgIpc) is 3.49. The Hall–Kier alpha value is -2.86. The Morgan fingerprint density at radius 2 is 1.90 bits per heavy atom. The smallest absolute Gasteiger partial charge is 0.174 e. The van der Waals surface area contributed by atoms with Crippen LogP contribution in [0, 0.1) is 13.8 Å². The van der Waals surface area contributed by atoms with E-state index in [9.17, 15) is 0 Å². The quantitative estimate of drug-likeness (QED) is 0.528. The molecule has 3 heterocycles. The summed E-state index contributed by atoms with van der Waals surface area (Å²) in [6, 6.07) is 17.3. The zero-order valence-electron chi connectivity index (χ0n) is 18.2. The van der Waals surface area contributed by atoms with Gasteiger partial charge in [0, 0.05) is 29.3 Å². The van der Waals surface area contributed by atoms with Crippen molar-refractivity contribution in [3.05, 3.63) is 77.4 Å². The predicted molar refractivity (Wildman–Crippen MR) is 128 cm³/mol. The molecular formula is C25H28N4OS. The van der Waals surface area contributed by atoms with Crippen LogP contribution in [0.5, 0.6) is 5.75 Å². The number of anilines is 1. The van der Waals surface area contributed by atoms with Gasteiger partial charge < -0.3 is 19.5 Å². The van der Waals surface area contributed by atoms with Crippen LogP contribution in [0.1, 0.15) is 60.5 Å². The van der Waals surface area contributed by atoms with Crippen LogP contribution in [-0.2, 0) is 0 Å². The first-order valence-electron chi connectivity index (χ1n) is 11.0. The highest BCUT2D eigenvalue weighted by Crippen LogP contribution is 2.46. The molecule has 2 aromatic heterocycles. The number of nitrogens with one attached hydrogen (secondary N) is 1. The molecule has 160 valence electrons. The number of thiocarbonyl (C=S) groups is 1. The summed E-state index contributed by atoms with van der Waals surface area (Å²) in [6.45, 7) is 7.11. The van der Waals surface area contributed by atoms with Gasteiger partial charge in [-0.1, -0.05) is 6.07 Å². The molecule has 5 nitrogen and oxygen atoms in total. The van der Waals surface area contributed by atoms with Gasteiger partial charge in [0.25, 0.3) is 0 Å². The third-order valence-corrected chi connectivity index (χ3v) is 6.59. The van der Waals surface area contributed by atoms with E-state index in [-0.39, 0.29) is 12.1 Å². The van der Waals surface area contributed by atoms with E-state index in [1.165, 1.54) is 29.8 Å². The second-order valence-corrected chi connectivity index (χ2v) is 8.74. The molecule has 5 rings (SSSR count). The Kier molecular flexibility index (Phi) is 5.18. The number of hydrogen-bond acceptors (Lipinski definition) is 3. The van der Waals surface area contributed by atoms with E-state index in [2.05, 4.69) is 57.9 Å². The van der Waals surface area contributed by atoms with Crippen molar-refractivity contribution in [1.29, 1.82) is 0 Å². The lowest BCUT2D eigenvalue weighted by Crippen LogP contribution is -2.29. The lowest BCUT2D eigenvalue weighted by molar-refractivity contribution is 0.340. The van der Waals surface area contributed by atoms with E-state index >= 15 is 0 Å². The summed E-state index contributed by atoms with van der Waals surface area (Å²) in [4.78, 5) is 6.91. The monoisotopic (exact) mass is 432 g/mol. The molecule has 0 bridgehead atoms.